The van der Waals surface area contributed by atoms with Crippen molar-refractivity contribution in [2.24, 2.45) is 11.3 Å². The first-order valence-corrected chi connectivity index (χ1v) is 20.9. The van der Waals surface area contributed by atoms with Gasteiger partial charge in [-0.2, -0.15) is 0 Å². The molecule has 0 N–H and O–H groups in total. The molecule has 0 unspecified atom stereocenters. The van der Waals surface area contributed by atoms with E-state index in [0.717, 1.165) is 57.7 Å². The normalized spacial score (nSPS) is 7.03. The van der Waals surface area contributed by atoms with Crippen molar-refractivity contribution >= 4 is 59.3 Å². The number of carbonyl (C=O) groups excluding carboxylic acids is 10. The van der Waals surface area contributed by atoms with Crippen molar-refractivity contribution < 1.29 is 47.9 Å². The van der Waals surface area contributed by atoms with Crippen LogP contribution in [0, 0.1) is 11.3 Å². The second kappa shape index (κ2) is 125. The predicted molar refractivity (Wildman–Crippen MR) is 311 cm³/mol. The van der Waals surface area contributed by atoms with Crippen LogP contribution in [0.15, 0.2) is 0 Å². The lowest BCUT2D eigenvalue weighted by atomic mass is 9.92. The van der Waals surface area contributed by atoms with Gasteiger partial charge in [-0.1, -0.05) is 184 Å². The number of unbranched alkanes of at least 4 members (excludes halogenated alkanes) is 2. The molecule has 0 rings (SSSR count). The molecule has 0 aliphatic rings. The van der Waals surface area contributed by atoms with Crippen LogP contribution in [0.3, 0.4) is 0 Å². The molecular formula is C57H136O10. The molecule has 0 radical (unpaired) electrons. The number of hydrogen-bond donors (Lipinski definition) is 0. The molecule has 0 aromatic heterocycles. The van der Waals surface area contributed by atoms with Gasteiger partial charge in [0.25, 0.3) is 0 Å². The first kappa shape index (κ1) is 137. The Hall–Kier alpha value is -3.30. The zero-order valence-corrected chi connectivity index (χ0v) is 41.6. The summed E-state index contributed by atoms with van der Waals surface area (Å²) >= 11 is 0. The fourth-order valence-electron chi connectivity index (χ4n) is 1.78. The van der Waals surface area contributed by atoms with E-state index in [2.05, 4.69) is 6.92 Å². The summed E-state index contributed by atoms with van der Waals surface area (Å²) in [7, 11) is 0. The predicted octanol–water partition coefficient (Wildman–Crippen LogP) is 18.9. The highest BCUT2D eigenvalue weighted by atomic mass is 16.2. The van der Waals surface area contributed by atoms with Crippen LogP contribution in [0.25, 0.3) is 0 Å². The summed E-state index contributed by atoms with van der Waals surface area (Å²) in [6, 6.07) is 0. The van der Waals surface area contributed by atoms with Gasteiger partial charge in [0.2, 0.25) is 0 Å². The first-order chi connectivity index (χ1) is 26.2. The number of carbonyl (C=O) groups is 10. The first-order valence-electron chi connectivity index (χ1n) is 20.9. The molecule has 0 atom stereocenters. The number of hydrogen-bond acceptors (Lipinski definition) is 10. The van der Waals surface area contributed by atoms with Crippen molar-refractivity contribution in [3.63, 3.8) is 0 Å². The van der Waals surface area contributed by atoms with Crippen molar-refractivity contribution in [3.8, 4) is 0 Å². The van der Waals surface area contributed by atoms with Gasteiger partial charge < -0.3 is 33.6 Å². The maximum absolute atomic E-state index is 10.5. The average Bonchev–Trinajstić information content (AvgIpc) is 3.11. The van der Waals surface area contributed by atoms with E-state index in [4.69, 9.17) is 9.59 Å². The number of rotatable bonds is 14. The van der Waals surface area contributed by atoms with Gasteiger partial charge in [0.1, 0.15) is 59.3 Å². The molecule has 0 spiro atoms. The number of aldehydes is 1. The van der Waals surface area contributed by atoms with Gasteiger partial charge in [0, 0.05) is 56.3 Å². The van der Waals surface area contributed by atoms with Gasteiger partial charge in [0.15, 0.2) is 0 Å². The standard InChI is InChI=1S/C7H14O.2C6H12O.3C5H10O.2C4H8O.C2H4O.C2H6.CH2O.10CH4/c1-3-4-5-6-7(2)8;1-5(7)6(2,3)4;1-3-5-6(7)4-2;1-4(2)5(3)6;2*1-3-4-5(2)6;2*1-3-4(2)5;1-2-3;2*1-2;;;;;;;;;;/h3-6H2,1-2H3;1-4H3;3-5H2,1-2H3;4H,1-3H3;2*3-4H2,1-2H3;2*3H2,1-2H3;2H,1H3;1-2H3;1H2;10*1H4. The molecule has 0 saturated carbocycles. The van der Waals surface area contributed by atoms with Gasteiger partial charge >= 0.3 is 0 Å². The fraction of sp³-hybridized carbons (Fsp3) is 0.825. The van der Waals surface area contributed by atoms with Crippen LogP contribution >= 0.6 is 0 Å². The van der Waals surface area contributed by atoms with E-state index in [0.29, 0.717) is 30.8 Å². The Balaban J connectivity index is -0.0000000183. The van der Waals surface area contributed by atoms with Crippen LogP contribution in [0.2, 0.25) is 0 Å². The Bertz CT molecular complexity index is 884. The van der Waals surface area contributed by atoms with E-state index in [1.807, 2.05) is 96.8 Å². The summed E-state index contributed by atoms with van der Waals surface area (Å²) in [5.41, 5.74) is -0.139. The highest BCUT2D eigenvalue weighted by Crippen LogP contribution is 2.12. The van der Waals surface area contributed by atoms with Crippen molar-refractivity contribution in [2.45, 2.75) is 310 Å². The van der Waals surface area contributed by atoms with E-state index >= 15 is 0 Å². The lowest BCUT2D eigenvalue weighted by molar-refractivity contribution is -0.124. The Morgan fingerprint density at radius 1 is 0.433 bits per heavy atom. The molecule has 0 aliphatic heterocycles. The Morgan fingerprint density at radius 3 is 0.687 bits per heavy atom. The Labute approximate surface area is 427 Å². The minimum atomic E-state index is -0.139. The van der Waals surface area contributed by atoms with Crippen LogP contribution in [0.4, 0.5) is 0 Å². The molecule has 0 bridgehead atoms. The SMILES string of the molecule is C.C.C.C.C.C.C.C.C.C.C=O.CC.CC(=O)C(C)(C)C.CC(=O)C(C)C.CC=O.CCC(C)=O.CCC(C)=O.CCCC(=O)CC.CCCC(C)=O.CCCC(C)=O.CCCCCC(C)=O. The maximum atomic E-state index is 10.5. The van der Waals surface area contributed by atoms with Crippen molar-refractivity contribution in [3.05, 3.63) is 0 Å². The summed E-state index contributed by atoms with van der Waals surface area (Å²) in [6.07, 6.45) is 12.2. The second-order valence-electron chi connectivity index (χ2n) is 13.6. The van der Waals surface area contributed by atoms with E-state index in [9.17, 15) is 38.4 Å². The number of Topliss-reactive ketones (excluding diaryl/α,β-unsaturated/α-hetero) is 8. The molecule has 0 amide bonds. The summed E-state index contributed by atoms with van der Waals surface area (Å²) in [4.78, 5) is 97.9. The molecule has 0 fully saturated rings. The second-order valence-corrected chi connectivity index (χ2v) is 13.6. The van der Waals surface area contributed by atoms with Crippen molar-refractivity contribution in [1.29, 1.82) is 0 Å². The molecule has 10 nitrogen and oxygen atoms in total. The van der Waals surface area contributed by atoms with Crippen LogP contribution in [-0.2, 0) is 47.9 Å². The highest BCUT2D eigenvalue weighted by molar-refractivity contribution is 5.81. The van der Waals surface area contributed by atoms with E-state index in [1.165, 1.54) is 19.8 Å². The molecule has 0 heterocycles. The van der Waals surface area contributed by atoms with Crippen molar-refractivity contribution in [2.75, 3.05) is 0 Å². The molecule has 0 aliphatic carbocycles. The molecule has 0 aromatic carbocycles. The topological polar surface area (TPSA) is 171 Å². The Kier molecular flexibility index (Phi) is 256. The maximum Gasteiger partial charge on any atom is 0.135 e. The van der Waals surface area contributed by atoms with Crippen molar-refractivity contribution in [1.82, 2.24) is 0 Å². The van der Waals surface area contributed by atoms with Gasteiger partial charge in [-0.05, 0) is 81.1 Å². The zero-order chi connectivity index (χ0) is 48.6. The average molecular weight is 982 g/mol. The van der Waals surface area contributed by atoms with E-state index < -0.39 is 0 Å². The molecule has 424 valence electrons. The van der Waals surface area contributed by atoms with Gasteiger partial charge in [-0.15, -0.1) is 0 Å². The summed E-state index contributed by atoms with van der Waals surface area (Å²) in [5.74, 6) is 2.50. The monoisotopic (exact) mass is 981 g/mol. The zero-order valence-electron chi connectivity index (χ0n) is 41.6. The summed E-state index contributed by atoms with van der Waals surface area (Å²) in [6.45, 7) is 42.0. The van der Waals surface area contributed by atoms with E-state index in [-0.39, 0.29) is 120 Å². The molecule has 10 heteroatoms. The third-order valence-corrected chi connectivity index (χ3v) is 6.12. The molecular weight excluding hydrogens is 845 g/mol. The van der Waals surface area contributed by atoms with Crippen LogP contribution in [-0.4, -0.2) is 59.3 Å². The lowest BCUT2D eigenvalue weighted by Gasteiger charge is -2.11. The summed E-state index contributed by atoms with van der Waals surface area (Å²) < 4.78 is 0. The molecule has 67 heavy (non-hydrogen) atoms. The quantitative estimate of drug-likeness (QED) is 0.120. The number of ketones is 8. The van der Waals surface area contributed by atoms with Crippen LogP contribution in [0.5, 0.6) is 0 Å². The van der Waals surface area contributed by atoms with E-state index in [1.54, 1.807) is 48.5 Å². The largest absolute Gasteiger partial charge is 0.307 e. The van der Waals surface area contributed by atoms with Crippen LogP contribution < -0.4 is 0 Å². The molecule has 0 saturated heterocycles. The highest BCUT2D eigenvalue weighted by Gasteiger charge is 2.14. The fourth-order valence-corrected chi connectivity index (χ4v) is 1.78. The van der Waals surface area contributed by atoms with Gasteiger partial charge in [-0.25, -0.2) is 0 Å². The third-order valence-electron chi connectivity index (χ3n) is 6.12. The third kappa shape index (κ3) is 324. The molecule has 0 aromatic rings. The Morgan fingerprint density at radius 2 is 0.627 bits per heavy atom. The van der Waals surface area contributed by atoms with Crippen LogP contribution in [0.1, 0.15) is 310 Å². The minimum absolute atomic E-state index is 0. The van der Waals surface area contributed by atoms with Gasteiger partial charge in [-0.3, -0.25) is 14.4 Å². The smallest absolute Gasteiger partial charge is 0.135 e. The lowest BCUT2D eigenvalue weighted by Crippen LogP contribution is -2.15. The summed E-state index contributed by atoms with van der Waals surface area (Å²) in [5, 5.41) is 0. The van der Waals surface area contributed by atoms with Gasteiger partial charge in [0.05, 0.1) is 0 Å². The minimum Gasteiger partial charge on any atom is -0.307 e.